The van der Waals surface area contributed by atoms with Gasteiger partial charge in [0.1, 0.15) is 12.6 Å². The maximum Gasteiger partial charge on any atom is 0.150 e. The van der Waals surface area contributed by atoms with Gasteiger partial charge in [-0.15, -0.1) is 0 Å². The van der Waals surface area contributed by atoms with Crippen molar-refractivity contribution in [3.05, 3.63) is 71.6 Å². The number of nitrogens with zero attached hydrogens (tertiary/aromatic N) is 3. The van der Waals surface area contributed by atoms with E-state index in [-0.39, 0.29) is 0 Å². The van der Waals surface area contributed by atoms with Gasteiger partial charge in [-0.2, -0.15) is 4.73 Å². The van der Waals surface area contributed by atoms with Crippen LogP contribution in [-0.2, 0) is 6.42 Å². The van der Waals surface area contributed by atoms with E-state index < -0.39 is 0 Å². The van der Waals surface area contributed by atoms with Crippen molar-refractivity contribution in [1.82, 2.24) is 14.6 Å². The third kappa shape index (κ3) is 2.80. The van der Waals surface area contributed by atoms with Gasteiger partial charge < -0.3 is 9.74 Å². The molecule has 3 heterocycles. The van der Waals surface area contributed by atoms with Gasteiger partial charge in [-0.1, -0.05) is 49.4 Å². The lowest BCUT2D eigenvalue weighted by Gasteiger charge is -2.32. The predicted octanol–water partition coefficient (Wildman–Crippen LogP) is 4.14. The topological polar surface area (TPSA) is 30.3 Å². The van der Waals surface area contributed by atoms with Crippen LogP contribution in [0, 0.1) is 5.41 Å². The Morgan fingerprint density at radius 1 is 1.15 bits per heavy atom. The van der Waals surface area contributed by atoms with Crippen LogP contribution in [0.3, 0.4) is 0 Å². The molecule has 1 unspecified atom stereocenters. The Morgan fingerprint density at radius 3 is 2.78 bits per heavy atom. The fourth-order valence-electron chi connectivity index (χ4n) is 4.64. The van der Waals surface area contributed by atoms with Gasteiger partial charge in [-0.3, -0.25) is 0 Å². The second-order valence-corrected chi connectivity index (χ2v) is 8.08. The monoisotopic (exact) mass is 359 g/mol. The summed E-state index contributed by atoms with van der Waals surface area (Å²) in [5, 5.41) is 0. The molecule has 5 rings (SSSR count). The SMILES string of the molecule is COn1c(Cc2ccccc2)nc2cc(C3=CC4(C)CCCN3C4)ccc21. The Morgan fingerprint density at radius 2 is 2.00 bits per heavy atom. The number of fused-ring (bicyclic) bond motifs is 3. The fraction of sp³-hybridized carbons (Fsp3) is 0.348. The van der Waals surface area contributed by atoms with Gasteiger partial charge in [-0.25, -0.2) is 4.98 Å². The molecule has 27 heavy (non-hydrogen) atoms. The molecule has 0 aliphatic carbocycles. The van der Waals surface area contributed by atoms with Crippen molar-refractivity contribution in [1.29, 1.82) is 0 Å². The van der Waals surface area contributed by atoms with Crippen molar-refractivity contribution in [2.24, 2.45) is 5.41 Å². The standard InChI is InChI=1S/C23H25N3O/c1-23-11-6-12-25(16-23)21(15-23)18-9-10-20-19(14-18)24-22(26(20)27-2)13-17-7-4-3-5-8-17/h3-5,7-10,14-15H,6,11-13,16H2,1-2H3. The largest absolute Gasteiger partial charge is 0.415 e. The normalized spacial score (nSPS) is 21.6. The van der Waals surface area contributed by atoms with Crippen molar-refractivity contribution in [2.45, 2.75) is 26.2 Å². The summed E-state index contributed by atoms with van der Waals surface area (Å²) in [6.07, 6.45) is 5.79. The summed E-state index contributed by atoms with van der Waals surface area (Å²) >= 11 is 0. The maximum atomic E-state index is 5.65. The molecular weight excluding hydrogens is 334 g/mol. The molecule has 1 fully saturated rings. The molecule has 1 saturated heterocycles. The second kappa shape index (κ2) is 6.15. The van der Waals surface area contributed by atoms with Gasteiger partial charge in [-0.05, 0) is 36.1 Å². The summed E-state index contributed by atoms with van der Waals surface area (Å²) in [5.41, 5.74) is 6.21. The highest BCUT2D eigenvalue weighted by Crippen LogP contribution is 2.43. The maximum absolute atomic E-state index is 5.65. The smallest absolute Gasteiger partial charge is 0.150 e. The summed E-state index contributed by atoms with van der Waals surface area (Å²) in [7, 11) is 1.71. The van der Waals surface area contributed by atoms with Crippen molar-refractivity contribution >= 4 is 16.7 Å². The summed E-state index contributed by atoms with van der Waals surface area (Å²) < 4.78 is 1.86. The molecule has 4 heteroatoms. The van der Waals surface area contributed by atoms with Crippen LogP contribution in [-0.4, -0.2) is 34.8 Å². The molecule has 4 nitrogen and oxygen atoms in total. The van der Waals surface area contributed by atoms with E-state index in [1.54, 1.807) is 7.11 Å². The van der Waals surface area contributed by atoms with E-state index >= 15 is 0 Å². The first-order chi connectivity index (χ1) is 13.1. The Kier molecular flexibility index (Phi) is 3.74. The average Bonchev–Trinajstić information content (AvgIpc) is 3.14. The van der Waals surface area contributed by atoms with Gasteiger partial charge >= 0.3 is 0 Å². The summed E-state index contributed by atoms with van der Waals surface area (Å²) in [4.78, 5) is 13.1. The van der Waals surface area contributed by atoms with Crippen molar-refractivity contribution in [2.75, 3.05) is 20.2 Å². The van der Waals surface area contributed by atoms with E-state index in [1.807, 2.05) is 10.8 Å². The zero-order valence-corrected chi connectivity index (χ0v) is 16.0. The minimum Gasteiger partial charge on any atom is -0.415 e. The van der Waals surface area contributed by atoms with Gasteiger partial charge in [0.2, 0.25) is 0 Å². The van der Waals surface area contributed by atoms with Crippen LogP contribution < -0.4 is 4.84 Å². The van der Waals surface area contributed by atoms with Crippen LogP contribution in [0.1, 0.15) is 36.7 Å². The summed E-state index contributed by atoms with van der Waals surface area (Å²) in [6.45, 7) is 4.68. The number of imidazole rings is 1. The molecule has 2 aromatic carbocycles. The number of rotatable bonds is 4. The lowest BCUT2D eigenvalue weighted by molar-refractivity contribution is 0.169. The molecule has 1 aromatic heterocycles. The first-order valence-electron chi connectivity index (χ1n) is 9.73. The minimum absolute atomic E-state index is 0.326. The first kappa shape index (κ1) is 16.4. The molecule has 2 aliphatic rings. The molecule has 0 spiro atoms. The minimum atomic E-state index is 0.326. The van der Waals surface area contributed by atoms with Crippen LogP contribution >= 0.6 is 0 Å². The molecule has 0 N–H and O–H groups in total. The zero-order valence-electron chi connectivity index (χ0n) is 16.0. The molecule has 2 bridgehead atoms. The highest BCUT2D eigenvalue weighted by molar-refractivity contribution is 5.82. The Bertz CT molecular complexity index is 1020. The van der Waals surface area contributed by atoms with Gasteiger partial charge in [0.05, 0.1) is 5.52 Å². The van der Waals surface area contributed by atoms with Gasteiger partial charge in [0.25, 0.3) is 0 Å². The number of hydrogen-bond donors (Lipinski definition) is 0. The molecule has 3 aromatic rings. The first-order valence-corrected chi connectivity index (χ1v) is 9.73. The molecule has 1 atom stereocenters. The van der Waals surface area contributed by atoms with Crippen molar-refractivity contribution < 1.29 is 4.84 Å². The van der Waals surface area contributed by atoms with Crippen LogP contribution in [0.25, 0.3) is 16.7 Å². The molecular formula is C23H25N3O. The number of benzene rings is 2. The molecule has 0 amide bonds. The Hall–Kier alpha value is -2.75. The summed E-state index contributed by atoms with van der Waals surface area (Å²) in [6, 6.07) is 17.0. The van der Waals surface area contributed by atoms with E-state index in [0.717, 1.165) is 36.4 Å². The second-order valence-electron chi connectivity index (χ2n) is 8.08. The van der Waals surface area contributed by atoms with Crippen LogP contribution in [0.2, 0.25) is 0 Å². The number of aromatic nitrogens is 2. The lowest BCUT2D eigenvalue weighted by Crippen LogP contribution is -2.32. The van der Waals surface area contributed by atoms with Crippen LogP contribution in [0.4, 0.5) is 0 Å². The highest BCUT2D eigenvalue weighted by Gasteiger charge is 2.37. The van der Waals surface area contributed by atoms with Crippen molar-refractivity contribution in [3.63, 3.8) is 0 Å². The number of piperidine rings is 1. The molecule has 0 saturated carbocycles. The van der Waals surface area contributed by atoms with Gasteiger partial charge in [0.15, 0.2) is 5.82 Å². The average molecular weight is 359 g/mol. The third-order valence-corrected chi connectivity index (χ3v) is 5.92. The predicted molar refractivity (Wildman–Crippen MR) is 108 cm³/mol. The van der Waals surface area contributed by atoms with E-state index in [1.165, 1.54) is 29.7 Å². The van der Waals surface area contributed by atoms with Crippen LogP contribution in [0.15, 0.2) is 54.6 Å². The fourth-order valence-corrected chi connectivity index (χ4v) is 4.64. The van der Waals surface area contributed by atoms with Crippen molar-refractivity contribution in [3.8, 4) is 0 Å². The molecule has 138 valence electrons. The van der Waals surface area contributed by atoms with E-state index in [0.29, 0.717) is 5.41 Å². The molecule has 2 aliphatic heterocycles. The quantitative estimate of drug-likeness (QED) is 0.701. The summed E-state index contributed by atoms with van der Waals surface area (Å²) in [5.74, 6) is 0.933. The number of hydrogen-bond acceptors (Lipinski definition) is 3. The van der Waals surface area contributed by atoms with E-state index in [4.69, 9.17) is 9.82 Å². The lowest BCUT2D eigenvalue weighted by atomic mass is 9.85. The van der Waals surface area contributed by atoms with E-state index in [9.17, 15) is 0 Å². The van der Waals surface area contributed by atoms with Crippen LogP contribution in [0.5, 0.6) is 0 Å². The Balaban J connectivity index is 1.55. The molecule has 0 radical (unpaired) electrons. The third-order valence-electron chi connectivity index (χ3n) is 5.92. The highest BCUT2D eigenvalue weighted by atomic mass is 16.6. The Labute approximate surface area is 160 Å². The van der Waals surface area contributed by atoms with Gasteiger partial charge in [0, 0.05) is 30.6 Å². The van der Waals surface area contributed by atoms with E-state index in [2.05, 4.69) is 60.4 Å². The zero-order chi connectivity index (χ0) is 18.4.